The molecule has 156 valence electrons. The van der Waals surface area contributed by atoms with Gasteiger partial charge in [0.2, 0.25) is 5.91 Å². The molecule has 0 spiro atoms. The topological polar surface area (TPSA) is 82.2 Å². The number of anilines is 3. The van der Waals surface area contributed by atoms with E-state index in [2.05, 4.69) is 5.32 Å². The molecule has 8 nitrogen and oxygen atoms in total. The molecule has 9 heteroatoms. The number of carbonyl (C=O) groups is 3. The van der Waals surface area contributed by atoms with Gasteiger partial charge in [-0.1, -0.05) is 18.2 Å². The van der Waals surface area contributed by atoms with Crippen LogP contribution in [0.1, 0.15) is 6.92 Å². The van der Waals surface area contributed by atoms with Gasteiger partial charge in [0.1, 0.15) is 11.9 Å². The molecule has 1 unspecified atom stereocenters. The number of nitrogens with one attached hydrogen (secondary N) is 1. The second kappa shape index (κ2) is 8.02. The third-order valence-corrected chi connectivity index (χ3v) is 5.06. The lowest BCUT2D eigenvalue weighted by Gasteiger charge is -2.20. The number of halogens is 1. The molecule has 2 aromatic rings. The maximum Gasteiger partial charge on any atom is 0.414 e. The molecule has 0 aliphatic carbocycles. The highest BCUT2D eigenvalue weighted by molar-refractivity contribution is 6.06. The Morgan fingerprint density at radius 2 is 1.80 bits per heavy atom. The maximum atomic E-state index is 14.9. The van der Waals surface area contributed by atoms with Crippen molar-refractivity contribution in [1.82, 2.24) is 5.32 Å². The molecule has 30 heavy (non-hydrogen) atoms. The molecule has 2 heterocycles. The maximum absolute atomic E-state index is 14.9. The Balaban J connectivity index is 1.48. The zero-order valence-electron chi connectivity index (χ0n) is 16.4. The van der Waals surface area contributed by atoms with Crippen LogP contribution in [0.4, 0.5) is 31.0 Å². The number of para-hydroxylation sites is 1. The van der Waals surface area contributed by atoms with Gasteiger partial charge in [-0.3, -0.25) is 19.5 Å². The van der Waals surface area contributed by atoms with Crippen LogP contribution in [0.15, 0.2) is 48.5 Å². The van der Waals surface area contributed by atoms with Crippen LogP contribution in [0.2, 0.25) is 0 Å². The molecule has 4 rings (SSSR count). The molecule has 1 N–H and O–H groups in total. The smallest absolute Gasteiger partial charge is 0.414 e. The monoisotopic (exact) mass is 412 g/mol. The van der Waals surface area contributed by atoms with Crippen LogP contribution >= 0.6 is 0 Å². The predicted molar refractivity (Wildman–Crippen MR) is 109 cm³/mol. The first kappa shape index (κ1) is 19.7. The van der Waals surface area contributed by atoms with Crippen LogP contribution in [0.3, 0.4) is 0 Å². The summed E-state index contributed by atoms with van der Waals surface area (Å²) >= 11 is 0. The number of ether oxygens (including phenoxy) is 1. The molecule has 1 atom stereocenters. The van der Waals surface area contributed by atoms with Crippen molar-refractivity contribution in [3.05, 3.63) is 54.3 Å². The van der Waals surface area contributed by atoms with Crippen molar-refractivity contribution >= 4 is 35.1 Å². The van der Waals surface area contributed by atoms with Crippen LogP contribution in [0.5, 0.6) is 0 Å². The number of hydrogen-bond acceptors (Lipinski definition) is 4. The molecule has 0 bridgehead atoms. The van der Waals surface area contributed by atoms with E-state index in [1.807, 2.05) is 30.3 Å². The molecule has 4 amide bonds. The third-order valence-electron chi connectivity index (χ3n) is 5.06. The van der Waals surface area contributed by atoms with Gasteiger partial charge in [-0.25, -0.2) is 14.0 Å². The van der Waals surface area contributed by atoms with Crippen molar-refractivity contribution in [2.75, 3.05) is 40.9 Å². The third kappa shape index (κ3) is 3.78. The zero-order chi connectivity index (χ0) is 21.3. The largest absolute Gasteiger partial charge is 0.442 e. The number of urea groups is 1. The van der Waals surface area contributed by atoms with E-state index in [1.54, 1.807) is 11.0 Å². The van der Waals surface area contributed by atoms with Gasteiger partial charge in [0.15, 0.2) is 0 Å². The van der Waals surface area contributed by atoms with E-state index in [1.165, 1.54) is 28.9 Å². The summed E-state index contributed by atoms with van der Waals surface area (Å²) in [6.45, 7) is 2.57. The van der Waals surface area contributed by atoms with Gasteiger partial charge in [0.05, 0.1) is 24.5 Å². The minimum Gasteiger partial charge on any atom is -0.442 e. The lowest BCUT2D eigenvalue weighted by Crippen LogP contribution is -2.33. The van der Waals surface area contributed by atoms with E-state index in [0.717, 1.165) is 5.69 Å². The van der Waals surface area contributed by atoms with Gasteiger partial charge in [0, 0.05) is 25.7 Å². The minimum atomic E-state index is -0.606. The van der Waals surface area contributed by atoms with E-state index < -0.39 is 18.0 Å². The van der Waals surface area contributed by atoms with Crippen LogP contribution in [-0.4, -0.2) is 50.3 Å². The van der Waals surface area contributed by atoms with E-state index in [9.17, 15) is 18.8 Å². The van der Waals surface area contributed by atoms with Crippen molar-refractivity contribution in [2.24, 2.45) is 0 Å². The highest BCUT2D eigenvalue weighted by Crippen LogP contribution is 2.31. The van der Waals surface area contributed by atoms with Crippen molar-refractivity contribution in [1.29, 1.82) is 0 Å². The van der Waals surface area contributed by atoms with Crippen molar-refractivity contribution < 1.29 is 23.5 Å². The van der Waals surface area contributed by atoms with Gasteiger partial charge < -0.3 is 10.1 Å². The zero-order valence-corrected chi connectivity index (χ0v) is 16.4. The van der Waals surface area contributed by atoms with E-state index in [4.69, 9.17) is 4.74 Å². The first-order valence-corrected chi connectivity index (χ1v) is 9.60. The molecular weight excluding hydrogens is 391 g/mol. The fourth-order valence-electron chi connectivity index (χ4n) is 3.59. The summed E-state index contributed by atoms with van der Waals surface area (Å²) in [5.74, 6) is -0.825. The summed E-state index contributed by atoms with van der Waals surface area (Å²) in [4.78, 5) is 40.2. The van der Waals surface area contributed by atoms with Gasteiger partial charge in [-0.2, -0.15) is 0 Å². The predicted octanol–water partition coefficient (Wildman–Crippen LogP) is 2.73. The summed E-state index contributed by atoms with van der Waals surface area (Å²) in [7, 11) is 0. The Morgan fingerprint density at radius 3 is 2.50 bits per heavy atom. The van der Waals surface area contributed by atoms with Crippen LogP contribution in [-0.2, 0) is 9.53 Å². The number of rotatable bonds is 5. The Kier molecular flexibility index (Phi) is 5.26. The number of nitrogens with zero attached hydrogens (tertiary/aromatic N) is 3. The lowest BCUT2D eigenvalue weighted by molar-refractivity contribution is -0.119. The first-order chi connectivity index (χ1) is 14.4. The molecule has 2 aromatic carbocycles. The van der Waals surface area contributed by atoms with Crippen molar-refractivity contribution in [2.45, 2.75) is 13.0 Å². The Labute approximate surface area is 172 Å². The Morgan fingerprint density at radius 1 is 1.07 bits per heavy atom. The Hall–Kier alpha value is -3.62. The molecule has 2 aliphatic rings. The highest BCUT2D eigenvalue weighted by Gasteiger charge is 2.35. The van der Waals surface area contributed by atoms with Crippen molar-refractivity contribution in [3.8, 4) is 0 Å². The quantitative estimate of drug-likeness (QED) is 0.819. The number of amides is 4. The van der Waals surface area contributed by atoms with E-state index in [-0.39, 0.29) is 30.7 Å². The second-order valence-corrected chi connectivity index (χ2v) is 7.11. The summed E-state index contributed by atoms with van der Waals surface area (Å²) < 4.78 is 20.1. The number of carbonyl (C=O) groups excluding carboxylic acids is 3. The molecule has 2 fully saturated rings. The first-order valence-electron chi connectivity index (χ1n) is 9.60. The number of benzene rings is 2. The molecule has 2 aliphatic heterocycles. The van der Waals surface area contributed by atoms with Gasteiger partial charge >= 0.3 is 12.1 Å². The fourth-order valence-corrected chi connectivity index (χ4v) is 3.59. The van der Waals surface area contributed by atoms with Gasteiger partial charge in [0.25, 0.3) is 0 Å². The number of hydrogen-bond donors (Lipinski definition) is 1. The standard InChI is InChI=1S/C21H21FN4O4/c1-14(27)23-12-17-13-26(21(29)30-17)16-7-8-19(18(22)11-16)25-10-9-24(20(25)28)15-5-3-2-4-6-15/h2-8,11,17H,9-10,12-13H2,1H3,(H,23,27). The molecule has 2 saturated heterocycles. The van der Waals surface area contributed by atoms with Gasteiger partial charge in [-0.05, 0) is 30.3 Å². The Bertz CT molecular complexity index is 984. The van der Waals surface area contributed by atoms with E-state index in [0.29, 0.717) is 18.8 Å². The fraction of sp³-hybridized carbons (Fsp3) is 0.286. The molecule has 0 radical (unpaired) electrons. The molecule has 0 aromatic heterocycles. The normalized spacial score (nSPS) is 18.7. The molecular formula is C21H21FN4O4. The van der Waals surface area contributed by atoms with Crippen LogP contribution in [0, 0.1) is 5.82 Å². The van der Waals surface area contributed by atoms with Crippen LogP contribution < -0.4 is 20.0 Å². The summed E-state index contributed by atoms with van der Waals surface area (Å²) in [5.41, 5.74) is 1.25. The van der Waals surface area contributed by atoms with Gasteiger partial charge in [-0.15, -0.1) is 0 Å². The summed E-state index contributed by atoms with van der Waals surface area (Å²) in [6, 6.07) is 13.2. The number of cyclic esters (lactones) is 1. The average Bonchev–Trinajstić information content (AvgIpc) is 3.29. The van der Waals surface area contributed by atoms with Crippen LogP contribution in [0.25, 0.3) is 0 Å². The molecule has 0 saturated carbocycles. The minimum absolute atomic E-state index is 0.157. The summed E-state index contributed by atoms with van der Waals surface area (Å²) in [6.07, 6.45) is -1.12. The summed E-state index contributed by atoms with van der Waals surface area (Å²) in [5, 5.41) is 2.59. The van der Waals surface area contributed by atoms with Crippen molar-refractivity contribution in [3.63, 3.8) is 0 Å². The lowest BCUT2D eigenvalue weighted by atomic mass is 10.2. The highest BCUT2D eigenvalue weighted by atomic mass is 19.1. The SMILES string of the molecule is CC(=O)NCC1CN(c2ccc(N3CCN(c4ccccc4)C3=O)c(F)c2)C(=O)O1. The van der Waals surface area contributed by atoms with E-state index >= 15 is 0 Å². The second-order valence-electron chi connectivity index (χ2n) is 7.11. The average molecular weight is 412 g/mol.